The molecule has 0 unspecified atom stereocenters. The van der Waals surface area contributed by atoms with Crippen LogP contribution in [0.15, 0.2) is 18.2 Å². The van der Waals surface area contributed by atoms with Gasteiger partial charge in [0.15, 0.2) is 0 Å². The molecule has 0 heterocycles. The average molecular weight is 180 g/mol. The molecule has 0 aliphatic carbocycles. The van der Waals surface area contributed by atoms with Crippen LogP contribution in [0.25, 0.3) is 0 Å². The second-order valence-corrected chi connectivity index (χ2v) is 3.68. The molecule has 2 heteroatoms. The van der Waals surface area contributed by atoms with Crippen LogP contribution < -0.4 is 9.64 Å². The van der Waals surface area contributed by atoms with Crippen molar-refractivity contribution in [2.45, 2.75) is 13.5 Å². The summed E-state index contributed by atoms with van der Waals surface area (Å²) in [4.78, 5) is 1.43. The fraction of sp³-hybridized carbons (Fsp3) is 0.455. The summed E-state index contributed by atoms with van der Waals surface area (Å²) in [6.45, 7) is 3.18. The fourth-order valence-electron chi connectivity index (χ4n) is 1.35. The van der Waals surface area contributed by atoms with E-state index in [2.05, 4.69) is 33.2 Å². The molecule has 1 N–H and O–H groups in total. The lowest BCUT2D eigenvalue weighted by Crippen LogP contribution is -3.04. The van der Waals surface area contributed by atoms with E-state index >= 15 is 0 Å². The van der Waals surface area contributed by atoms with Crippen LogP contribution in [0.4, 0.5) is 0 Å². The third-order valence-corrected chi connectivity index (χ3v) is 2.10. The van der Waals surface area contributed by atoms with Gasteiger partial charge in [0.25, 0.3) is 0 Å². The molecule has 0 saturated heterocycles. The summed E-state index contributed by atoms with van der Waals surface area (Å²) in [6, 6.07) is 6.23. The molecule has 0 aliphatic heterocycles. The largest absolute Gasteiger partial charge is 0.497 e. The number of hydrogen-bond acceptors (Lipinski definition) is 1. The number of hydrogen-bond donors (Lipinski definition) is 1. The summed E-state index contributed by atoms with van der Waals surface area (Å²) < 4.78 is 5.18. The van der Waals surface area contributed by atoms with Gasteiger partial charge in [-0.1, -0.05) is 6.07 Å². The summed E-state index contributed by atoms with van der Waals surface area (Å²) in [5.74, 6) is 0.946. The Kier molecular flexibility index (Phi) is 3.32. The van der Waals surface area contributed by atoms with Crippen molar-refractivity contribution < 1.29 is 9.64 Å². The van der Waals surface area contributed by atoms with E-state index in [0.29, 0.717) is 0 Å². The molecule has 0 aliphatic rings. The van der Waals surface area contributed by atoms with Gasteiger partial charge in [0, 0.05) is 5.56 Å². The van der Waals surface area contributed by atoms with E-state index in [-0.39, 0.29) is 0 Å². The Hall–Kier alpha value is -1.02. The number of benzene rings is 1. The summed E-state index contributed by atoms with van der Waals surface area (Å²) in [5, 5.41) is 0. The highest BCUT2D eigenvalue weighted by atomic mass is 16.5. The maximum absolute atomic E-state index is 5.18. The van der Waals surface area contributed by atoms with Crippen LogP contribution in [0.2, 0.25) is 0 Å². The minimum absolute atomic E-state index is 0.946. The number of rotatable bonds is 3. The van der Waals surface area contributed by atoms with Crippen molar-refractivity contribution >= 4 is 0 Å². The van der Waals surface area contributed by atoms with E-state index < -0.39 is 0 Å². The molecule has 0 spiro atoms. The standard InChI is InChI=1S/C11H17NO/c1-9-5-6-11(13-4)7-10(9)8-12(2)3/h5-7H,8H2,1-4H3/p+1. The third kappa shape index (κ3) is 2.74. The van der Waals surface area contributed by atoms with Crippen molar-refractivity contribution in [1.29, 1.82) is 0 Å². The summed E-state index contributed by atoms with van der Waals surface area (Å²) in [5.41, 5.74) is 2.70. The Bertz CT molecular complexity index is 281. The lowest BCUT2D eigenvalue weighted by Gasteiger charge is -2.11. The third-order valence-electron chi connectivity index (χ3n) is 2.10. The molecule has 0 radical (unpaired) electrons. The van der Waals surface area contributed by atoms with Crippen molar-refractivity contribution in [2.24, 2.45) is 0 Å². The SMILES string of the molecule is COc1ccc(C)c(C[NH+](C)C)c1. The molecule has 1 aromatic rings. The van der Waals surface area contributed by atoms with Crippen LogP contribution in [0.1, 0.15) is 11.1 Å². The van der Waals surface area contributed by atoms with Crippen molar-refractivity contribution in [2.75, 3.05) is 21.2 Å². The zero-order chi connectivity index (χ0) is 9.84. The van der Waals surface area contributed by atoms with Gasteiger partial charge in [-0.2, -0.15) is 0 Å². The van der Waals surface area contributed by atoms with Crippen LogP contribution >= 0.6 is 0 Å². The topological polar surface area (TPSA) is 13.7 Å². The van der Waals surface area contributed by atoms with Gasteiger partial charge >= 0.3 is 0 Å². The van der Waals surface area contributed by atoms with Crippen molar-refractivity contribution in [1.82, 2.24) is 0 Å². The van der Waals surface area contributed by atoms with Crippen LogP contribution in [-0.2, 0) is 6.54 Å². The van der Waals surface area contributed by atoms with Crippen molar-refractivity contribution in [3.8, 4) is 5.75 Å². The summed E-state index contributed by atoms with van der Waals surface area (Å²) in [7, 11) is 6.01. The number of quaternary nitrogens is 1. The molecule has 1 rings (SSSR count). The van der Waals surface area contributed by atoms with Crippen LogP contribution in [-0.4, -0.2) is 21.2 Å². The molecule has 0 fully saturated rings. The minimum Gasteiger partial charge on any atom is -0.497 e. The smallest absolute Gasteiger partial charge is 0.119 e. The maximum Gasteiger partial charge on any atom is 0.119 e. The first kappa shape index (κ1) is 10.1. The predicted molar refractivity (Wildman–Crippen MR) is 54.2 cm³/mol. The second-order valence-electron chi connectivity index (χ2n) is 3.68. The molecule has 1 aromatic carbocycles. The van der Waals surface area contributed by atoms with Crippen LogP contribution in [0.3, 0.4) is 0 Å². The van der Waals surface area contributed by atoms with Crippen LogP contribution in [0.5, 0.6) is 5.75 Å². The zero-order valence-electron chi connectivity index (χ0n) is 8.85. The first-order chi connectivity index (χ1) is 6.13. The van der Waals surface area contributed by atoms with E-state index in [1.165, 1.54) is 16.0 Å². The molecular weight excluding hydrogens is 162 g/mol. The van der Waals surface area contributed by atoms with Gasteiger partial charge in [-0.15, -0.1) is 0 Å². The molecule has 0 bridgehead atoms. The summed E-state index contributed by atoms with van der Waals surface area (Å²) in [6.07, 6.45) is 0. The maximum atomic E-state index is 5.18. The van der Waals surface area contributed by atoms with E-state index in [1.54, 1.807) is 7.11 Å². The molecule has 72 valence electrons. The Morgan fingerprint density at radius 3 is 2.54 bits per heavy atom. The molecule has 0 amide bonds. The Morgan fingerprint density at radius 1 is 1.31 bits per heavy atom. The van der Waals surface area contributed by atoms with Gasteiger partial charge in [0.1, 0.15) is 12.3 Å². The molecule has 0 atom stereocenters. The van der Waals surface area contributed by atoms with Gasteiger partial charge in [-0.3, -0.25) is 0 Å². The number of aryl methyl sites for hydroxylation is 1. The zero-order valence-corrected chi connectivity index (χ0v) is 8.85. The highest BCUT2D eigenvalue weighted by molar-refractivity contribution is 5.34. The van der Waals surface area contributed by atoms with Gasteiger partial charge < -0.3 is 9.64 Å². The normalized spacial score (nSPS) is 10.5. The quantitative estimate of drug-likeness (QED) is 0.721. The Morgan fingerprint density at radius 2 is 2.00 bits per heavy atom. The van der Waals surface area contributed by atoms with Gasteiger partial charge in [-0.25, -0.2) is 0 Å². The Labute approximate surface area is 80.1 Å². The van der Waals surface area contributed by atoms with Crippen LogP contribution in [0, 0.1) is 6.92 Å². The lowest BCUT2D eigenvalue weighted by molar-refractivity contribution is -0.872. The second kappa shape index (κ2) is 4.28. The first-order valence-corrected chi connectivity index (χ1v) is 4.56. The molecular formula is C11H18NO+. The van der Waals surface area contributed by atoms with E-state index in [1.807, 2.05) is 6.07 Å². The van der Waals surface area contributed by atoms with E-state index in [0.717, 1.165) is 12.3 Å². The van der Waals surface area contributed by atoms with E-state index in [4.69, 9.17) is 4.74 Å². The van der Waals surface area contributed by atoms with Gasteiger partial charge in [-0.05, 0) is 24.6 Å². The van der Waals surface area contributed by atoms with Crippen molar-refractivity contribution in [3.05, 3.63) is 29.3 Å². The molecule has 0 aromatic heterocycles. The minimum atomic E-state index is 0.946. The Balaban J connectivity index is 2.90. The molecule has 2 nitrogen and oxygen atoms in total. The number of ether oxygens (including phenoxy) is 1. The van der Waals surface area contributed by atoms with Crippen molar-refractivity contribution in [3.63, 3.8) is 0 Å². The lowest BCUT2D eigenvalue weighted by atomic mass is 10.1. The number of methoxy groups -OCH3 is 1. The van der Waals surface area contributed by atoms with Gasteiger partial charge in [0.2, 0.25) is 0 Å². The molecule has 13 heavy (non-hydrogen) atoms. The first-order valence-electron chi connectivity index (χ1n) is 4.56. The highest BCUT2D eigenvalue weighted by Crippen LogP contribution is 2.15. The molecule has 0 saturated carbocycles. The number of nitrogens with one attached hydrogen (secondary N) is 1. The van der Waals surface area contributed by atoms with E-state index in [9.17, 15) is 0 Å². The fourth-order valence-corrected chi connectivity index (χ4v) is 1.35. The summed E-state index contributed by atoms with van der Waals surface area (Å²) >= 11 is 0. The predicted octanol–water partition coefficient (Wildman–Crippen LogP) is 0.648. The highest BCUT2D eigenvalue weighted by Gasteiger charge is 2.03. The average Bonchev–Trinajstić information content (AvgIpc) is 2.08. The van der Waals surface area contributed by atoms with Gasteiger partial charge in [0.05, 0.1) is 21.2 Å². The monoisotopic (exact) mass is 180 g/mol.